The van der Waals surface area contributed by atoms with Crippen molar-refractivity contribution in [2.24, 2.45) is 0 Å². The number of furan rings is 1. The van der Waals surface area contributed by atoms with E-state index in [0.29, 0.717) is 17.8 Å². The minimum atomic E-state index is -0.225. The first-order valence-corrected chi connectivity index (χ1v) is 26.0. The van der Waals surface area contributed by atoms with E-state index in [4.69, 9.17) is 9.15 Å². The maximum absolute atomic E-state index is 7.53. The van der Waals surface area contributed by atoms with Crippen LogP contribution in [0, 0.1) is 0 Å². The number of rotatable bonds is 5. The zero-order valence-corrected chi connectivity index (χ0v) is 42.5. The van der Waals surface area contributed by atoms with Crippen LogP contribution in [-0.4, -0.2) is 11.3 Å². The third kappa shape index (κ3) is 5.62. The average molecular weight is 920 g/mol. The molecule has 14 rings (SSSR count). The maximum atomic E-state index is 7.53. The average Bonchev–Trinajstić information content (AvgIpc) is 4.04. The molecule has 0 saturated carbocycles. The molecule has 0 radical (unpaired) electrons. The number of para-hydroxylation sites is 1. The van der Waals surface area contributed by atoms with Crippen molar-refractivity contribution >= 4 is 77.6 Å². The van der Waals surface area contributed by atoms with E-state index in [2.05, 4.69) is 225 Å². The number of hydrogen-bond donors (Lipinski definition) is 0. The van der Waals surface area contributed by atoms with Crippen LogP contribution in [0.25, 0.3) is 82.5 Å². The summed E-state index contributed by atoms with van der Waals surface area (Å²) in [6.45, 7) is 23.8. The molecule has 3 heterocycles. The minimum Gasteiger partial charge on any atom is -0.458 e. The summed E-state index contributed by atoms with van der Waals surface area (Å²) < 4.78 is 16.8. The fourth-order valence-electron chi connectivity index (χ4n) is 13.9. The van der Waals surface area contributed by atoms with Gasteiger partial charge in [-0.2, -0.15) is 0 Å². The molecule has 0 spiro atoms. The molecule has 1 aliphatic heterocycles. The van der Waals surface area contributed by atoms with Crippen LogP contribution in [0.2, 0.25) is 0 Å². The molecule has 0 atom stereocenters. The monoisotopic (exact) mass is 919 g/mol. The number of nitrogens with zero attached hydrogens (tertiary/aromatic N) is 1. The summed E-state index contributed by atoms with van der Waals surface area (Å²) in [6.07, 6.45) is 0. The summed E-state index contributed by atoms with van der Waals surface area (Å²) in [5, 5.41) is 7.28. The quantitative estimate of drug-likeness (QED) is 0.161. The molecular formula is C67H58BNO2. The lowest BCUT2D eigenvalue weighted by Gasteiger charge is -2.33. The van der Waals surface area contributed by atoms with Crippen LogP contribution in [0.3, 0.4) is 0 Å². The molecule has 2 aliphatic carbocycles. The molecule has 0 unspecified atom stereocenters. The highest BCUT2D eigenvalue weighted by Gasteiger charge is 2.44. The molecule has 0 saturated heterocycles. The Morgan fingerprint density at radius 2 is 0.986 bits per heavy atom. The summed E-state index contributed by atoms with van der Waals surface area (Å²) in [4.78, 5) is 0. The van der Waals surface area contributed by atoms with Crippen molar-refractivity contribution in [1.82, 2.24) is 4.57 Å². The van der Waals surface area contributed by atoms with Gasteiger partial charge in [0.2, 0.25) is 0 Å². The summed E-state index contributed by atoms with van der Waals surface area (Å²) in [5.74, 6) is 2.78. The first-order valence-electron chi connectivity index (χ1n) is 26.0. The van der Waals surface area contributed by atoms with Gasteiger partial charge in [0.25, 0.3) is 6.71 Å². The van der Waals surface area contributed by atoms with Gasteiger partial charge in [-0.15, -0.1) is 0 Å². The lowest BCUT2D eigenvalue weighted by Crippen LogP contribution is -2.57. The van der Waals surface area contributed by atoms with E-state index in [1.807, 2.05) is 0 Å². The van der Waals surface area contributed by atoms with Crippen LogP contribution in [0.5, 0.6) is 11.5 Å². The summed E-state index contributed by atoms with van der Waals surface area (Å²) in [5.41, 5.74) is 23.8. The number of aromatic nitrogens is 1. The number of benzene rings is 9. The Bertz CT molecular complexity index is 3990. The molecule has 346 valence electrons. The Morgan fingerprint density at radius 3 is 1.56 bits per heavy atom. The van der Waals surface area contributed by atoms with E-state index >= 15 is 0 Å². The van der Waals surface area contributed by atoms with E-state index < -0.39 is 0 Å². The molecule has 3 aliphatic rings. The SMILES string of the molecule is CC(C)c1cc(C(C)C)c(B2c3cc4oc5ccccc5c4cc3Oc3cc(-n4c5ccc6c(c5c5c7c(ccc54)-c4ccccc4C7(C)C)C(C)(C)c4ccccc4-6)c4ccccc4c32)c(C(C)C)c1. The zero-order valence-electron chi connectivity index (χ0n) is 42.5. The van der Waals surface area contributed by atoms with Gasteiger partial charge in [-0.1, -0.05) is 190 Å². The van der Waals surface area contributed by atoms with E-state index in [0.717, 1.165) is 44.6 Å². The second-order valence-corrected chi connectivity index (χ2v) is 22.9. The lowest BCUT2D eigenvalue weighted by atomic mass is 9.33. The molecule has 11 aromatic rings. The van der Waals surface area contributed by atoms with Crippen LogP contribution in [0.15, 0.2) is 156 Å². The molecule has 9 aromatic carbocycles. The van der Waals surface area contributed by atoms with Crippen LogP contribution in [0.4, 0.5) is 0 Å². The smallest absolute Gasteiger partial charge is 0.252 e. The number of fused-ring (bicyclic) bond motifs is 18. The second-order valence-electron chi connectivity index (χ2n) is 22.9. The van der Waals surface area contributed by atoms with Crippen molar-refractivity contribution in [2.45, 2.75) is 97.8 Å². The van der Waals surface area contributed by atoms with Crippen LogP contribution in [0.1, 0.15) is 126 Å². The van der Waals surface area contributed by atoms with Gasteiger partial charge in [0, 0.05) is 43.8 Å². The van der Waals surface area contributed by atoms with Gasteiger partial charge in [-0.05, 0) is 126 Å². The molecule has 71 heavy (non-hydrogen) atoms. The van der Waals surface area contributed by atoms with Gasteiger partial charge in [-0.25, -0.2) is 0 Å². The first kappa shape index (κ1) is 42.6. The molecule has 0 amide bonds. The van der Waals surface area contributed by atoms with Crippen molar-refractivity contribution in [3.8, 4) is 39.4 Å². The highest BCUT2D eigenvalue weighted by molar-refractivity contribution is 6.99. The summed E-state index contributed by atoms with van der Waals surface area (Å²) in [7, 11) is 0. The molecule has 0 fully saturated rings. The van der Waals surface area contributed by atoms with Crippen LogP contribution < -0.4 is 21.1 Å². The third-order valence-corrected chi connectivity index (χ3v) is 17.2. The molecule has 3 nitrogen and oxygen atoms in total. The normalized spacial score (nSPS) is 15.0. The van der Waals surface area contributed by atoms with Crippen molar-refractivity contribution in [3.63, 3.8) is 0 Å². The standard InChI is InChI=1S/C67H58BNO2/c1-36(2)39-31-47(37(3)4)64(48(32-39)38(5)6)68-52-34-57-49(43-22-15-18-26-56(43)70-57)33-58(52)71-59-35-55(42-21-11-12-23-46(42)65(59)68)69-53-29-27-44-40-19-13-16-24-50(40)66(7,8)62(44)60(53)61-54(69)30-28-45-41-20-14-17-25-51(41)67(9,10)63(45)61/h11-38H,1-10H3. The van der Waals surface area contributed by atoms with Gasteiger partial charge in [0.15, 0.2) is 0 Å². The summed E-state index contributed by atoms with van der Waals surface area (Å²) in [6, 6.07) is 57.4. The largest absolute Gasteiger partial charge is 0.458 e. The third-order valence-electron chi connectivity index (χ3n) is 17.2. The van der Waals surface area contributed by atoms with Crippen LogP contribution >= 0.6 is 0 Å². The molecular weight excluding hydrogens is 862 g/mol. The number of ether oxygens (including phenoxy) is 1. The second kappa shape index (κ2) is 14.6. The molecule has 2 aromatic heterocycles. The Balaban J connectivity index is 1.13. The van der Waals surface area contributed by atoms with Crippen molar-refractivity contribution in [3.05, 3.63) is 191 Å². The minimum absolute atomic E-state index is 0.121. The van der Waals surface area contributed by atoms with Gasteiger partial charge in [0.1, 0.15) is 22.7 Å². The highest BCUT2D eigenvalue weighted by Crippen LogP contribution is 2.58. The fourth-order valence-corrected chi connectivity index (χ4v) is 13.9. The first-order chi connectivity index (χ1) is 34.2. The van der Waals surface area contributed by atoms with Gasteiger partial charge in [0.05, 0.1) is 16.7 Å². The Kier molecular flexibility index (Phi) is 8.78. The molecule has 0 bridgehead atoms. The van der Waals surface area contributed by atoms with E-state index in [9.17, 15) is 0 Å². The van der Waals surface area contributed by atoms with Gasteiger partial charge >= 0.3 is 0 Å². The lowest BCUT2D eigenvalue weighted by molar-refractivity contribution is 0.488. The molecule has 0 N–H and O–H groups in total. The van der Waals surface area contributed by atoms with E-state index in [1.54, 1.807) is 0 Å². The van der Waals surface area contributed by atoms with Gasteiger partial charge in [-0.3, -0.25) is 0 Å². The van der Waals surface area contributed by atoms with Crippen LogP contribution in [-0.2, 0) is 10.8 Å². The van der Waals surface area contributed by atoms with E-state index in [-0.39, 0.29) is 17.5 Å². The topological polar surface area (TPSA) is 27.3 Å². The maximum Gasteiger partial charge on any atom is 0.252 e. The number of hydrogen-bond acceptors (Lipinski definition) is 2. The van der Waals surface area contributed by atoms with Crippen molar-refractivity contribution < 1.29 is 9.15 Å². The molecule has 4 heteroatoms. The predicted octanol–water partition coefficient (Wildman–Crippen LogP) is 16.4. The van der Waals surface area contributed by atoms with Gasteiger partial charge < -0.3 is 13.7 Å². The Labute approximate surface area is 417 Å². The summed E-state index contributed by atoms with van der Waals surface area (Å²) >= 11 is 0. The zero-order chi connectivity index (χ0) is 48.6. The van der Waals surface area contributed by atoms with Crippen molar-refractivity contribution in [2.75, 3.05) is 0 Å². The fraction of sp³-hybridized carbons (Fsp3) is 0.224. The van der Waals surface area contributed by atoms with Crippen molar-refractivity contribution in [1.29, 1.82) is 0 Å². The van der Waals surface area contributed by atoms with E-state index in [1.165, 1.54) is 105 Å². The Morgan fingerprint density at radius 1 is 0.451 bits per heavy atom. The predicted molar refractivity (Wildman–Crippen MR) is 301 cm³/mol. The Hall–Kier alpha value is -7.30. The highest BCUT2D eigenvalue weighted by atomic mass is 16.5.